The van der Waals surface area contributed by atoms with E-state index in [1.54, 1.807) is 36.4 Å². The molecule has 2 atom stereocenters. The molecular formula is C20H21Br2N3O7S. The van der Waals surface area contributed by atoms with Crippen LogP contribution in [0.25, 0.3) is 0 Å². The second-order valence-electron chi connectivity index (χ2n) is 7.14. The molecule has 3 N–H and O–H groups in total. The number of halogens is 2. The number of anilines is 1. The van der Waals surface area contributed by atoms with Crippen LogP contribution in [0.3, 0.4) is 0 Å². The highest BCUT2D eigenvalue weighted by molar-refractivity contribution is 9.11. The van der Waals surface area contributed by atoms with Gasteiger partial charge in [-0.15, -0.1) is 0 Å². The van der Waals surface area contributed by atoms with Gasteiger partial charge in [0.05, 0.1) is 23.7 Å². The predicted molar refractivity (Wildman–Crippen MR) is 127 cm³/mol. The molecule has 0 spiro atoms. The number of hydrogen-bond acceptors (Lipinski definition) is 6. The topological polar surface area (TPSA) is 134 Å². The first-order chi connectivity index (χ1) is 15.6. The van der Waals surface area contributed by atoms with Crippen LogP contribution in [0, 0.1) is 0 Å². The number of carboxylic acid groups (broad SMARTS) is 1. The fourth-order valence-corrected chi connectivity index (χ4v) is 6.17. The zero-order valence-electron chi connectivity index (χ0n) is 17.3. The van der Waals surface area contributed by atoms with E-state index in [0.717, 1.165) is 4.90 Å². The molecule has 178 valence electrons. The number of nitrogens with one attached hydrogen (secondary N) is 2. The number of likely N-dealkylation sites (tertiary alicyclic amines) is 1. The van der Waals surface area contributed by atoms with E-state index in [0.29, 0.717) is 20.4 Å². The van der Waals surface area contributed by atoms with Gasteiger partial charge in [-0.1, -0.05) is 28.1 Å². The van der Waals surface area contributed by atoms with Crippen molar-refractivity contribution in [2.24, 2.45) is 0 Å². The van der Waals surface area contributed by atoms with Gasteiger partial charge in [0.15, 0.2) is 0 Å². The maximum absolute atomic E-state index is 12.8. The molecule has 1 aliphatic rings. The molecule has 0 saturated carbocycles. The third-order valence-corrected chi connectivity index (χ3v) is 7.92. The van der Waals surface area contributed by atoms with Crippen molar-refractivity contribution in [3.63, 3.8) is 0 Å². The fraction of sp³-hybridized carbons (Fsp3) is 0.300. The van der Waals surface area contributed by atoms with Gasteiger partial charge in [0.1, 0.15) is 12.4 Å². The van der Waals surface area contributed by atoms with E-state index in [2.05, 4.69) is 41.9 Å². The molecule has 1 aliphatic heterocycles. The summed E-state index contributed by atoms with van der Waals surface area (Å²) in [5.41, 5.74) is 0.400. The number of rotatable bonds is 7. The highest BCUT2D eigenvalue weighted by atomic mass is 79.9. The van der Waals surface area contributed by atoms with Crippen LogP contribution in [-0.4, -0.2) is 63.0 Å². The molecule has 33 heavy (non-hydrogen) atoms. The first-order valence-electron chi connectivity index (χ1n) is 9.64. The van der Waals surface area contributed by atoms with Crippen molar-refractivity contribution < 1.29 is 32.6 Å². The molecule has 13 heteroatoms. The van der Waals surface area contributed by atoms with Crippen LogP contribution in [0.2, 0.25) is 0 Å². The van der Waals surface area contributed by atoms with Crippen LogP contribution in [0.1, 0.15) is 6.42 Å². The molecule has 1 heterocycles. The van der Waals surface area contributed by atoms with Gasteiger partial charge >= 0.3 is 12.2 Å². The minimum Gasteiger partial charge on any atom is -0.495 e. The van der Waals surface area contributed by atoms with Crippen LogP contribution < -0.4 is 14.8 Å². The van der Waals surface area contributed by atoms with Gasteiger partial charge in [-0.2, -0.15) is 0 Å². The van der Waals surface area contributed by atoms with Crippen LogP contribution >= 0.6 is 31.9 Å². The van der Waals surface area contributed by atoms with Crippen LogP contribution in [-0.2, 0) is 14.8 Å². The number of benzene rings is 2. The second kappa shape index (κ2) is 10.7. The number of para-hydroxylation sites is 2. The smallest absolute Gasteiger partial charge is 0.411 e. The Bertz CT molecular complexity index is 1150. The van der Waals surface area contributed by atoms with E-state index >= 15 is 0 Å². The lowest BCUT2D eigenvalue weighted by Crippen LogP contribution is -2.40. The molecule has 2 aromatic carbocycles. The molecule has 3 rings (SSSR count). The Labute approximate surface area is 207 Å². The SMILES string of the molecule is COc1ccccc1NC(=O)OC[C@H]1C[C@@H](NS(=O)(=O)c2cc(Br)ccc2Br)CN1C(=O)O. The van der Waals surface area contributed by atoms with Gasteiger partial charge < -0.3 is 19.5 Å². The Morgan fingerprint density at radius 1 is 1.21 bits per heavy atom. The third kappa shape index (κ3) is 6.37. The molecule has 10 nitrogen and oxygen atoms in total. The van der Waals surface area contributed by atoms with E-state index in [1.807, 2.05) is 0 Å². The molecular weight excluding hydrogens is 586 g/mol. The zero-order valence-corrected chi connectivity index (χ0v) is 21.3. The quantitative estimate of drug-likeness (QED) is 0.435. The summed E-state index contributed by atoms with van der Waals surface area (Å²) in [6, 6.07) is 10.1. The molecule has 1 fully saturated rings. The Hall–Kier alpha value is -2.35. The molecule has 0 bridgehead atoms. The maximum atomic E-state index is 12.8. The summed E-state index contributed by atoms with van der Waals surface area (Å²) in [4.78, 5) is 25.0. The predicted octanol–water partition coefficient (Wildman–Crippen LogP) is 3.87. The summed E-state index contributed by atoms with van der Waals surface area (Å²) in [5.74, 6) is 0.440. The van der Waals surface area contributed by atoms with Crippen molar-refractivity contribution in [2.45, 2.75) is 23.4 Å². The van der Waals surface area contributed by atoms with Crippen molar-refractivity contribution in [1.82, 2.24) is 9.62 Å². The summed E-state index contributed by atoms with van der Waals surface area (Å²) < 4.78 is 39.5. The minimum atomic E-state index is -3.93. The van der Waals surface area contributed by atoms with Crippen LogP contribution in [0.5, 0.6) is 5.75 Å². The highest BCUT2D eigenvalue weighted by Crippen LogP contribution is 2.28. The normalized spacial score (nSPS) is 18.1. The number of sulfonamides is 1. The standard InChI is InChI=1S/C20H21Br2N3O7S/c1-31-17-5-3-2-4-16(17)23-19(26)32-11-14-9-13(10-25(14)20(27)28)24-33(29,30)18-8-12(21)6-7-15(18)22/h2-8,13-14,24H,9-11H2,1H3,(H,23,26)(H,27,28)/t13-,14-/m1/s1. The zero-order chi connectivity index (χ0) is 24.2. The van der Waals surface area contributed by atoms with E-state index in [4.69, 9.17) is 9.47 Å². The van der Waals surface area contributed by atoms with Gasteiger partial charge in [0.2, 0.25) is 10.0 Å². The number of methoxy groups -OCH3 is 1. The molecule has 0 aromatic heterocycles. The lowest BCUT2D eigenvalue weighted by atomic mass is 10.2. The number of hydrogen-bond donors (Lipinski definition) is 3. The lowest BCUT2D eigenvalue weighted by molar-refractivity contribution is 0.102. The number of carbonyl (C=O) groups excluding carboxylic acids is 1. The number of ether oxygens (including phenoxy) is 2. The van der Waals surface area contributed by atoms with Gasteiger partial charge in [0, 0.05) is 21.5 Å². The molecule has 0 aliphatic carbocycles. The van der Waals surface area contributed by atoms with Crippen molar-refractivity contribution in [3.8, 4) is 5.75 Å². The van der Waals surface area contributed by atoms with Gasteiger partial charge in [-0.25, -0.2) is 22.7 Å². The van der Waals surface area contributed by atoms with Gasteiger partial charge in [-0.05, 0) is 52.7 Å². The van der Waals surface area contributed by atoms with Crippen LogP contribution in [0.15, 0.2) is 56.3 Å². The minimum absolute atomic E-state index is 0.0228. The largest absolute Gasteiger partial charge is 0.495 e. The molecule has 2 amide bonds. The van der Waals surface area contributed by atoms with Gasteiger partial charge in [-0.3, -0.25) is 5.32 Å². The number of nitrogens with zero attached hydrogens (tertiary/aromatic N) is 1. The third-order valence-electron chi connectivity index (χ3n) is 4.92. The first kappa shape index (κ1) is 25.3. The summed E-state index contributed by atoms with van der Waals surface area (Å²) in [6.45, 7) is -0.325. The first-order valence-corrected chi connectivity index (χ1v) is 12.7. The number of amides is 2. The van der Waals surface area contributed by atoms with Crippen LogP contribution in [0.4, 0.5) is 15.3 Å². The van der Waals surface area contributed by atoms with E-state index in [1.165, 1.54) is 13.2 Å². The Balaban J connectivity index is 1.64. The monoisotopic (exact) mass is 605 g/mol. The molecule has 2 aromatic rings. The average molecular weight is 607 g/mol. The molecule has 0 radical (unpaired) electrons. The summed E-state index contributed by atoms with van der Waals surface area (Å²) in [6.07, 6.45) is -1.88. The van der Waals surface area contributed by atoms with Gasteiger partial charge in [0.25, 0.3) is 0 Å². The van der Waals surface area contributed by atoms with Crippen molar-refractivity contribution in [2.75, 3.05) is 25.6 Å². The summed E-state index contributed by atoms with van der Waals surface area (Å²) in [7, 11) is -2.47. The number of carbonyl (C=O) groups is 2. The summed E-state index contributed by atoms with van der Waals surface area (Å²) in [5, 5.41) is 12.1. The van der Waals surface area contributed by atoms with E-state index in [9.17, 15) is 23.1 Å². The van der Waals surface area contributed by atoms with Crippen molar-refractivity contribution >= 4 is 59.8 Å². The Kier molecular flexibility index (Phi) is 8.21. The van der Waals surface area contributed by atoms with E-state index < -0.39 is 34.3 Å². The average Bonchev–Trinajstić information content (AvgIpc) is 3.16. The lowest BCUT2D eigenvalue weighted by Gasteiger charge is -2.21. The maximum Gasteiger partial charge on any atom is 0.411 e. The Morgan fingerprint density at radius 2 is 1.94 bits per heavy atom. The van der Waals surface area contributed by atoms with E-state index in [-0.39, 0.29) is 24.5 Å². The molecule has 1 saturated heterocycles. The van der Waals surface area contributed by atoms with Crippen molar-refractivity contribution in [1.29, 1.82) is 0 Å². The van der Waals surface area contributed by atoms with Crippen molar-refractivity contribution in [3.05, 3.63) is 51.4 Å². The second-order valence-corrected chi connectivity index (χ2v) is 10.6. The Morgan fingerprint density at radius 3 is 2.64 bits per heavy atom. The summed E-state index contributed by atoms with van der Waals surface area (Å²) >= 11 is 6.47. The highest BCUT2D eigenvalue weighted by Gasteiger charge is 2.38. The fourth-order valence-electron chi connectivity index (χ4n) is 3.43. The molecule has 0 unspecified atom stereocenters.